The lowest BCUT2D eigenvalue weighted by molar-refractivity contribution is -0.161. The van der Waals surface area contributed by atoms with Crippen molar-refractivity contribution >= 4 is 39.5 Å². The van der Waals surface area contributed by atoms with E-state index in [0.29, 0.717) is 25.7 Å². The summed E-state index contributed by atoms with van der Waals surface area (Å²) in [6, 6.07) is 0. The van der Waals surface area contributed by atoms with Gasteiger partial charge in [-0.05, 0) is 57.3 Å². The normalized spacial score (nSPS) is 14.5. The van der Waals surface area contributed by atoms with Gasteiger partial charge in [0.1, 0.15) is 19.3 Å². The Morgan fingerprint density at radius 3 is 0.944 bits per heavy atom. The van der Waals surface area contributed by atoms with E-state index >= 15 is 0 Å². The number of esters is 4. The van der Waals surface area contributed by atoms with Crippen LogP contribution in [0.25, 0.3) is 0 Å². The van der Waals surface area contributed by atoms with Crippen molar-refractivity contribution in [3.05, 3.63) is 24.3 Å². The first-order valence-electron chi connectivity index (χ1n) is 36.5. The maximum Gasteiger partial charge on any atom is 0.472 e. The fourth-order valence-corrected chi connectivity index (χ4v) is 11.8. The number of phosphoric ester groups is 2. The van der Waals surface area contributed by atoms with Crippen molar-refractivity contribution in [1.82, 2.24) is 0 Å². The van der Waals surface area contributed by atoms with E-state index in [-0.39, 0.29) is 25.7 Å². The van der Waals surface area contributed by atoms with Gasteiger partial charge in [-0.2, -0.15) is 0 Å². The van der Waals surface area contributed by atoms with Crippen LogP contribution in [0, 0.1) is 5.92 Å². The standard InChI is InChI=1S/C71H134O17P2/c1-6-10-13-16-18-20-22-24-26-27-28-29-30-32-34-36-38-40-46-51-56-70(75)87-67(61-82-69(74)55-50-45-39-37-35-33-31-25-23-21-19-17-14-11-7-2)63-86-90(79,80)84-59-65(72)58-83-89(77,78)85-62-66(60-81-68(73)54-49-43-15-12-8-3)88-71(76)57-52-47-42-41-44-48-53-64(5)9-4/h21,23,25,31,64-67,72H,6-20,22,24,26-30,32-63H2,1-5H3,(H,77,78)(H,79,80)/b23-21-,31-25-/t64?,65-,66+,67+/m0/s1. The fourth-order valence-electron chi connectivity index (χ4n) is 10.2. The van der Waals surface area contributed by atoms with Crippen molar-refractivity contribution in [3.8, 4) is 0 Å². The molecule has 0 rings (SSSR count). The zero-order valence-corrected chi connectivity index (χ0v) is 59.5. The lowest BCUT2D eigenvalue weighted by Crippen LogP contribution is -2.30. The van der Waals surface area contributed by atoms with E-state index in [4.69, 9.17) is 37.0 Å². The molecule has 0 bridgehead atoms. The molecule has 17 nitrogen and oxygen atoms in total. The molecule has 0 fully saturated rings. The smallest absolute Gasteiger partial charge is 0.462 e. The highest BCUT2D eigenvalue weighted by Crippen LogP contribution is 2.45. The molecule has 0 aliphatic carbocycles. The Morgan fingerprint density at radius 1 is 0.356 bits per heavy atom. The molecule has 0 aromatic heterocycles. The van der Waals surface area contributed by atoms with Gasteiger partial charge in [-0.3, -0.25) is 37.3 Å². The van der Waals surface area contributed by atoms with Gasteiger partial charge >= 0.3 is 39.5 Å². The Kier molecular flexibility index (Phi) is 62.2. The van der Waals surface area contributed by atoms with Crippen LogP contribution in [0.1, 0.15) is 343 Å². The molecule has 0 aliphatic heterocycles. The molecule has 3 unspecified atom stereocenters. The molecule has 0 heterocycles. The van der Waals surface area contributed by atoms with Gasteiger partial charge in [-0.1, -0.05) is 290 Å². The van der Waals surface area contributed by atoms with Gasteiger partial charge in [-0.25, -0.2) is 9.13 Å². The average Bonchev–Trinajstić information content (AvgIpc) is 3.71. The summed E-state index contributed by atoms with van der Waals surface area (Å²) < 4.78 is 68.0. The maximum atomic E-state index is 13.0. The summed E-state index contributed by atoms with van der Waals surface area (Å²) in [5.74, 6) is -1.45. The molecule has 19 heteroatoms. The van der Waals surface area contributed by atoms with Gasteiger partial charge in [0.05, 0.1) is 26.4 Å². The summed E-state index contributed by atoms with van der Waals surface area (Å²) in [4.78, 5) is 72.2. The van der Waals surface area contributed by atoms with Gasteiger partial charge in [0.25, 0.3) is 0 Å². The topological polar surface area (TPSA) is 237 Å². The minimum absolute atomic E-state index is 0.0999. The number of carbonyl (C=O) groups excluding carboxylic acids is 4. The summed E-state index contributed by atoms with van der Waals surface area (Å²) in [6.45, 7) is 7.04. The highest BCUT2D eigenvalue weighted by atomic mass is 31.2. The van der Waals surface area contributed by atoms with Crippen molar-refractivity contribution < 1.29 is 80.2 Å². The number of unbranched alkanes of at least 4 members (excludes halogenated alkanes) is 37. The van der Waals surface area contributed by atoms with E-state index < -0.39 is 97.5 Å². The molecular formula is C71H134O17P2. The fraction of sp³-hybridized carbons (Fsp3) is 0.887. The predicted octanol–water partition coefficient (Wildman–Crippen LogP) is 20.1. The lowest BCUT2D eigenvalue weighted by Gasteiger charge is -2.21. The largest absolute Gasteiger partial charge is 0.472 e. The summed E-state index contributed by atoms with van der Waals surface area (Å²) in [6.07, 6.45) is 54.1. The molecule has 0 amide bonds. The first kappa shape index (κ1) is 87.5. The van der Waals surface area contributed by atoms with E-state index in [9.17, 15) is 43.2 Å². The minimum atomic E-state index is -4.96. The monoisotopic (exact) mass is 1320 g/mol. The molecule has 0 radical (unpaired) electrons. The van der Waals surface area contributed by atoms with E-state index in [1.165, 1.54) is 141 Å². The third-order valence-corrected chi connectivity index (χ3v) is 18.2. The highest BCUT2D eigenvalue weighted by Gasteiger charge is 2.30. The zero-order chi connectivity index (χ0) is 66.3. The lowest BCUT2D eigenvalue weighted by atomic mass is 10.00. The number of phosphoric acid groups is 2. The Balaban J connectivity index is 5.17. The Bertz CT molecular complexity index is 1830. The molecule has 6 atom stereocenters. The third kappa shape index (κ3) is 63.0. The van der Waals surface area contributed by atoms with Crippen molar-refractivity contribution in [2.75, 3.05) is 39.6 Å². The predicted molar refractivity (Wildman–Crippen MR) is 363 cm³/mol. The second-order valence-electron chi connectivity index (χ2n) is 25.2. The van der Waals surface area contributed by atoms with Crippen LogP contribution >= 0.6 is 15.6 Å². The molecule has 0 spiro atoms. The number of rotatable bonds is 69. The molecule has 0 aromatic carbocycles. The molecule has 90 heavy (non-hydrogen) atoms. The van der Waals surface area contributed by atoms with Crippen LogP contribution < -0.4 is 0 Å². The third-order valence-electron chi connectivity index (χ3n) is 16.3. The first-order valence-corrected chi connectivity index (χ1v) is 39.5. The number of aliphatic hydroxyl groups is 1. The molecule has 0 aliphatic rings. The second-order valence-corrected chi connectivity index (χ2v) is 28.1. The minimum Gasteiger partial charge on any atom is -0.462 e. The molecule has 530 valence electrons. The van der Waals surface area contributed by atoms with Gasteiger partial charge in [0.15, 0.2) is 12.2 Å². The van der Waals surface area contributed by atoms with Crippen molar-refractivity contribution in [3.63, 3.8) is 0 Å². The zero-order valence-electron chi connectivity index (χ0n) is 57.8. The molecule has 3 N–H and O–H groups in total. The highest BCUT2D eigenvalue weighted by molar-refractivity contribution is 7.47. The van der Waals surface area contributed by atoms with Gasteiger partial charge < -0.3 is 33.8 Å². The second kappa shape index (κ2) is 63.9. The quantitative estimate of drug-likeness (QED) is 0.0169. The first-order chi connectivity index (χ1) is 43.6. The van der Waals surface area contributed by atoms with E-state index in [2.05, 4.69) is 58.9 Å². The SMILES string of the molecule is CCCCCC/C=C\C=C/CCCCCCCC(=O)OC[C@H](COP(=O)(O)OC[C@@H](O)COP(=O)(O)OC[C@@H](COC(=O)CCCCCCC)OC(=O)CCCCCCCCC(C)CC)OC(=O)CCCCCCCCCCCCCCCCCCCCCC. The number of carbonyl (C=O) groups is 4. The molecule has 0 saturated carbocycles. The van der Waals surface area contributed by atoms with E-state index in [1.54, 1.807) is 0 Å². The van der Waals surface area contributed by atoms with Crippen molar-refractivity contribution in [2.24, 2.45) is 5.92 Å². The molecule has 0 aromatic rings. The number of allylic oxidation sites excluding steroid dienone is 4. The maximum absolute atomic E-state index is 13.0. The number of hydrogen-bond donors (Lipinski definition) is 3. The van der Waals surface area contributed by atoms with Crippen LogP contribution in [0.2, 0.25) is 0 Å². The summed E-state index contributed by atoms with van der Waals surface area (Å²) in [7, 11) is -9.90. The Labute approximate surface area is 548 Å². The van der Waals surface area contributed by atoms with Crippen molar-refractivity contribution in [2.45, 2.75) is 361 Å². The number of aliphatic hydroxyl groups excluding tert-OH is 1. The van der Waals surface area contributed by atoms with Gasteiger partial charge in [0.2, 0.25) is 0 Å². The number of ether oxygens (including phenoxy) is 4. The molecule has 0 saturated heterocycles. The summed E-state index contributed by atoms with van der Waals surface area (Å²) in [5, 5.41) is 10.5. The van der Waals surface area contributed by atoms with Crippen LogP contribution in [0.5, 0.6) is 0 Å². The molecular weight excluding hydrogens is 1190 g/mol. The van der Waals surface area contributed by atoms with Gasteiger partial charge in [-0.15, -0.1) is 0 Å². The van der Waals surface area contributed by atoms with Gasteiger partial charge in [0, 0.05) is 25.7 Å². The Hall–Kier alpha value is -2.46. The van der Waals surface area contributed by atoms with Crippen molar-refractivity contribution in [1.29, 1.82) is 0 Å². The van der Waals surface area contributed by atoms with Crippen LogP contribution in [-0.4, -0.2) is 96.7 Å². The van der Waals surface area contributed by atoms with Crippen LogP contribution in [0.15, 0.2) is 24.3 Å². The summed E-state index contributed by atoms with van der Waals surface area (Å²) >= 11 is 0. The number of hydrogen-bond acceptors (Lipinski definition) is 15. The van der Waals surface area contributed by atoms with Crippen LogP contribution in [-0.2, 0) is 65.4 Å². The average molecular weight is 1320 g/mol. The Morgan fingerprint density at radius 2 is 0.622 bits per heavy atom. The van der Waals surface area contributed by atoms with E-state index in [1.807, 2.05) is 0 Å². The van der Waals surface area contributed by atoms with Crippen LogP contribution in [0.3, 0.4) is 0 Å². The van der Waals surface area contributed by atoms with Crippen LogP contribution in [0.4, 0.5) is 0 Å². The summed E-state index contributed by atoms with van der Waals surface area (Å²) in [5.41, 5.74) is 0. The van der Waals surface area contributed by atoms with E-state index in [0.717, 1.165) is 121 Å².